The topological polar surface area (TPSA) is 69.2 Å². The number of hydrogen-bond donors (Lipinski definition) is 0. The minimum absolute atomic E-state index is 0.191. The molecule has 8 heteroatoms. The first-order chi connectivity index (χ1) is 11.1. The van der Waals surface area contributed by atoms with E-state index in [1.165, 1.54) is 12.1 Å². The predicted molar refractivity (Wildman–Crippen MR) is 88.1 cm³/mol. The van der Waals surface area contributed by atoms with Crippen molar-refractivity contribution in [3.8, 4) is 0 Å². The Morgan fingerprint density at radius 1 is 1.26 bits per heavy atom. The Labute approximate surface area is 144 Å². The summed E-state index contributed by atoms with van der Waals surface area (Å²) < 4.78 is 9.57. The van der Waals surface area contributed by atoms with Gasteiger partial charge in [0.1, 0.15) is 5.52 Å². The third kappa shape index (κ3) is 3.06. The molecular weight excluding hydrogens is 359 g/mol. The number of fused-ring (bicyclic) bond motifs is 1. The summed E-state index contributed by atoms with van der Waals surface area (Å²) in [5, 5.41) is 4.55. The van der Waals surface area contributed by atoms with Crippen LogP contribution in [0.4, 0.5) is 0 Å². The monoisotopic (exact) mass is 366 g/mol. The normalized spacial score (nSPS) is 12.1. The highest BCUT2D eigenvalue weighted by Gasteiger charge is 2.28. The number of ketones is 1. The summed E-state index contributed by atoms with van der Waals surface area (Å²) in [4.78, 5) is 23.7. The van der Waals surface area contributed by atoms with Gasteiger partial charge in [0.25, 0.3) is 6.47 Å². The molecule has 0 radical (unpaired) electrons. The van der Waals surface area contributed by atoms with Gasteiger partial charge in [0.05, 0.1) is 9.72 Å². The predicted octanol–water partition coefficient (Wildman–Crippen LogP) is 4.10. The summed E-state index contributed by atoms with van der Waals surface area (Å²) in [5.41, 5.74) is 1.36. The SMILES string of the molecule is O=COC(C(=O)c1ccc(Cl)cc1Cl)c1cccc2nnsc12. The lowest BCUT2D eigenvalue weighted by Gasteiger charge is -2.15. The Balaban J connectivity index is 2.09. The second kappa shape index (κ2) is 6.62. The van der Waals surface area contributed by atoms with Gasteiger partial charge >= 0.3 is 0 Å². The van der Waals surface area contributed by atoms with Crippen molar-refractivity contribution in [2.45, 2.75) is 6.10 Å². The van der Waals surface area contributed by atoms with Crippen molar-refractivity contribution in [3.63, 3.8) is 0 Å². The Hall–Kier alpha value is -2.02. The van der Waals surface area contributed by atoms with Gasteiger partial charge in [-0.2, -0.15) is 0 Å². The van der Waals surface area contributed by atoms with Gasteiger partial charge in [-0.25, -0.2) is 0 Å². The third-order valence-electron chi connectivity index (χ3n) is 3.21. The maximum Gasteiger partial charge on any atom is 0.294 e. The molecule has 2 aromatic carbocycles. The molecule has 0 aliphatic heterocycles. The van der Waals surface area contributed by atoms with E-state index in [0.717, 1.165) is 11.5 Å². The van der Waals surface area contributed by atoms with Crippen LogP contribution in [0.25, 0.3) is 10.2 Å². The van der Waals surface area contributed by atoms with Crippen molar-refractivity contribution in [3.05, 3.63) is 57.6 Å². The van der Waals surface area contributed by atoms with Gasteiger partial charge in [-0.15, -0.1) is 5.10 Å². The Morgan fingerprint density at radius 3 is 2.83 bits per heavy atom. The minimum Gasteiger partial charge on any atom is -0.451 e. The largest absolute Gasteiger partial charge is 0.451 e. The highest BCUT2D eigenvalue weighted by Crippen LogP contribution is 2.32. The maximum absolute atomic E-state index is 12.8. The van der Waals surface area contributed by atoms with E-state index in [1.54, 1.807) is 24.3 Å². The van der Waals surface area contributed by atoms with Crippen molar-refractivity contribution in [1.82, 2.24) is 9.59 Å². The zero-order valence-electron chi connectivity index (χ0n) is 11.4. The fraction of sp³-hybridized carbons (Fsp3) is 0.0667. The molecule has 1 aromatic heterocycles. The smallest absolute Gasteiger partial charge is 0.294 e. The van der Waals surface area contributed by atoms with Crippen LogP contribution in [-0.4, -0.2) is 21.8 Å². The Kier molecular flexibility index (Phi) is 4.56. The molecule has 0 spiro atoms. The average molecular weight is 367 g/mol. The summed E-state index contributed by atoms with van der Waals surface area (Å²) in [6, 6.07) is 9.69. The van der Waals surface area contributed by atoms with Gasteiger partial charge in [0, 0.05) is 16.1 Å². The lowest BCUT2D eigenvalue weighted by molar-refractivity contribution is -0.132. The Bertz CT molecular complexity index is 897. The standard InChI is InChI=1S/C15H8Cl2N2O3S/c16-8-4-5-9(11(17)6-8)13(21)14(22-7-20)10-2-1-3-12-15(10)23-19-18-12/h1-7,14H. The second-order valence-electron chi connectivity index (χ2n) is 4.57. The minimum atomic E-state index is -1.13. The van der Waals surface area contributed by atoms with Crippen LogP contribution < -0.4 is 0 Å². The number of rotatable bonds is 5. The fourth-order valence-corrected chi connectivity index (χ4v) is 3.39. The van der Waals surface area contributed by atoms with Crippen LogP contribution in [0.3, 0.4) is 0 Å². The van der Waals surface area contributed by atoms with Crippen molar-refractivity contribution in [1.29, 1.82) is 0 Å². The van der Waals surface area contributed by atoms with E-state index in [-0.39, 0.29) is 17.1 Å². The molecular formula is C15H8Cl2N2O3S. The molecule has 1 unspecified atom stereocenters. The molecule has 0 saturated heterocycles. The first kappa shape index (κ1) is 15.9. The van der Waals surface area contributed by atoms with Crippen molar-refractivity contribution in [2.24, 2.45) is 0 Å². The number of aromatic nitrogens is 2. The van der Waals surface area contributed by atoms with E-state index in [2.05, 4.69) is 9.59 Å². The number of carbonyl (C=O) groups is 2. The number of carbonyl (C=O) groups excluding carboxylic acids is 2. The summed E-state index contributed by atoms with van der Waals surface area (Å²) in [6.45, 7) is 0.236. The van der Waals surface area contributed by atoms with E-state index in [1.807, 2.05) is 0 Å². The van der Waals surface area contributed by atoms with E-state index in [0.29, 0.717) is 20.8 Å². The molecule has 0 amide bonds. The van der Waals surface area contributed by atoms with E-state index in [9.17, 15) is 9.59 Å². The molecule has 0 aliphatic carbocycles. The first-order valence-electron chi connectivity index (χ1n) is 6.41. The first-order valence-corrected chi connectivity index (χ1v) is 7.94. The summed E-state index contributed by atoms with van der Waals surface area (Å²) in [6.07, 6.45) is -1.13. The second-order valence-corrected chi connectivity index (χ2v) is 6.17. The van der Waals surface area contributed by atoms with E-state index < -0.39 is 11.9 Å². The number of halogens is 2. The number of hydrogen-bond acceptors (Lipinski definition) is 6. The van der Waals surface area contributed by atoms with Gasteiger partial charge in [-0.3, -0.25) is 9.59 Å². The summed E-state index contributed by atoms with van der Waals surface area (Å²) >= 11 is 13.1. The van der Waals surface area contributed by atoms with Gasteiger partial charge < -0.3 is 4.74 Å². The molecule has 0 bridgehead atoms. The molecule has 1 atom stereocenters. The van der Waals surface area contributed by atoms with Gasteiger partial charge in [-0.1, -0.05) is 39.8 Å². The molecule has 3 aromatic rings. The zero-order valence-corrected chi connectivity index (χ0v) is 13.7. The summed E-state index contributed by atoms with van der Waals surface area (Å²) in [7, 11) is 0. The highest BCUT2D eigenvalue weighted by atomic mass is 35.5. The maximum atomic E-state index is 12.8. The van der Waals surface area contributed by atoms with E-state index >= 15 is 0 Å². The molecule has 0 fully saturated rings. The van der Waals surface area contributed by atoms with Crippen LogP contribution in [-0.2, 0) is 9.53 Å². The third-order valence-corrected chi connectivity index (χ3v) is 4.55. The number of nitrogens with zero attached hydrogens (tertiary/aromatic N) is 2. The molecule has 1 heterocycles. The average Bonchev–Trinajstić information content (AvgIpc) is 3.01. The number of ether oxygens (including phenoxy) is 1. The van der Waals surface area contributed by atoms with Crippen molar-refractivity contribution < 1.29 is 14.3 Å². The number of benzene rings is 2. The number of Topliss-reactive ketones (excluding diaryl/α,β-unsaturated/α-hetero) is 1. The molecule has 5 nitrogen and oxygen atoms in total. The van der Waals surface area contributed by atoms with Gasteiger partial charge in [-0.05, 0) is 35.8 Å². The lowest BCUT2D eigenvalue weighted by atomic mass is 9.99. The van der Waals surface area contributed by atoms with Crippen molar-refractivity contribution >= 4 is 57.2 Å². The van der Waals surface area contributed by atoms with Crippen LogP contribution in [0.1, 0.15) is 22.0 Å². The van der Waals surface area contributed by atoms with Crippen LogP contribution in [0.2, 0.25) is 10.0 Å². The van der Waals surface area contributed by atoms with Crippen LogP contribution in [0.15, 0.2) is 36.4 Å². The fourth-order valence-electron chi connectivity index (χ4n) is 2.19. The van der Waals surface area contributed by atoms with Crippen LogP contribution in [0.5, 0.6) is 0 Å². The van der Waals surface area contributed by atoms with Crippen molar-refractivity contribution in [2.75, 3.05) is 0 Å². The molecule has 0 N–H and O–H groups in total. The van der Waals surface area contributed by atoms with Crippen LogP contribution in [0, 0.1) is 0 Å². The molecule has 23 heavy (non-hydrogen) atoms. The molecule has 116 valence electrons. The highest BCUT2D eigenvalue weighted by molar-refractivity contribution is 7.13. The van der Waals surface area contributed by atoms with Crippen LogP contribution >= 0.6 is 34.7 Å². The van der Waals surface area contributed by atoms with E-state index in [4.69, 9.17) is 27.9 Å². The zero-order chi connectivity index (χ0) is 16.4. The molecule has 0 aliphatic rings. The Morgan fingerprint density at radius 2 is 2.09 bits per heavy atom. The summed E-state index contributed by atoms with van der Waals surface area (Å²) in [5.74, 6) is -0.445. The van der Waals surface area contributed by atoms with Gasteiger partial charge in [0.15, 0.2) is 6.10 Å². The molecule has 3 rings (SSSR count). The van der Waals surface area contributed by atoms with Gasteiger partial charge in [0.2, 0.25) is 5.78 Å². The lowest BCUT2D eigenvalue weighted by Crippen LogP contribution is -2.16. The quantitative estimate of drug-likeness (QED) is 0.502. The molecule has 0 saturated carbocycles.